The number of rotatable bonds is 7. The van der Waals surface area contributed by atoms with Gasteiger partial charge in [0.05, 0.1) is 0 Å². The van der Waals surface area contributed by atoms with Crippen LogP contribution >= 0.6 is 0 Å². The summed E-state index contributed by atoms with van der Waals surface area (Å²) in [4.78, 5) is 23.0. The number of aliphatic carboxylic acids is 1. The highest BCUT2D eigenvalue weighted by molar-refractivity contribution is 5.85. The number of ether oxygens (including phenoxy) is 1. The number of hydrogen-bond acceptors (Lipinski definition) is 4. The SMILES string of the molecule is COCCCC(NC(=O)C1CCNCC1)C(=O)O. The van der Waals surface area contributed by atoms with E-state index in [1.165, 1.54) is 0 Å². The van der Waals surface area contributed by atoms with Crippen molar-refractivity contribution in [2.75, 3.05) is 26.8 Å². The fourth-order valence-corrected chi connectivity index (χ4v) is 2.06. The van der Waals surface area contributed by atoms with Gasteiger partial charge in [-0.3, -0.25) is 4.79 Å². The maximum Gasteiger partial charge on any atom is 0.326 e. The molecule has 1 fully saturated rings. The maximum absolute atomic E-state index is 11.9. The Labute approximate surface area is 107 Å². The number of methoxy groups -OCH3 is 1. The lowest BCUT2D eigenvalue weighted by atomic mass is 9.96. The van der Waals surface area contributed by atoms with E-state index in [2.05, 4.69) is 10.6 Å². The van der Waals surface area contributed by atoms with E-state index >= 15 is 0 Å². The Morgan fingerprint density at radius 2 is 2.11 bits per heavy atom. The standard InChI is InChI=1S/C12H22N2O4/c1-18-8-2-3-10(12(16)17)14-11(15)9-4-6-13-7-5-9/h9-10,13H,2-8H2,1H3,(H,14,15)(H,16,17). The summed E-state index contributed by atoms with van der Waals surface area (Å²) in [6, 6.07) is -0.803. The van der Waals surface area contributed by atoms with Crippen LogP contribution in [0.1, 0.15) is 25.7 Å². The third-order valence-corrected chi connectivity index (χ3v) is 3.17. The van der Waals surface area contributed by atoms with Crippen LogP contribution in [-0.4, -0.2) is 49.8 Å². The molecule has 6 heteroatoms. The summed E-state index contributed by atoms with van der Waals surface area (Å²) < 4.78 is 4.88. The molecule has 0 aromatic heterocycles. The second-order valence-corrected chi connectivity index (χ2v) is 4.56. The lowest BCUT2D eigenvalue weighted by molar-refractivity contribution is -0.142. The second-order valence-electron chi connectivity index (χ2n) is 4.56. The number of amides is 1. The van der Waals surface area contributed by atoms with E-state index in [4.69, 9.17) is 9.84 Å². The van der Waals surface area contributed by atoms with Gasteiger partial charge in [0, 0.05) is 19.6 Å². The quantitative estimate of drug-likeness (QED) is 0.559. The highest BCUT2D eigenvalue weighted by Gasteiger charge is 2.25. The predicted molar refractivity (Wildman–Crippen MR) is 66.3 cm³/mol. The fraction of sp³-hybridized carbons (Fsp3) is 0.833. The molecule has 1 atom stereocenters. The summed E-state index contributed by atoms with van der Waals surface area (Å²) in [6.07, 6.45) is 2.58. The smallest absolute Gasteiger partial charge is 0.326 e. The minimum absolute atomic E-state index is 0.0597. The van der Waals surface area contributed by atoms with Crippen molar-refractivity contribution in [2.24, 2.45) is 5.92 Å². The number of hydrogen-bond donors (Lipinski definition) is 3. The third kappa shape index (κ3) is 5.01. The molecule has 6 nitrogen and oxygen atoms in total. The first-order valence-corrected chi connectivity index (χ1v) is 6.38. The van der Waals surface area contributed by atoms with Gasteiger partial charge in [0.15, 0.2) is 0 Å². The summed E-state index contributed by atoms with van der Waals surface area (Å²) in [5.41, 5.74) is 0. The highest BCUT2D eigenvalue weighted by atomic mass is 16.5. The number of carboxylic acids is 1. The zero-order chi connectivity index (χ0) is 13.4. The zero-order valence-corrected chi connectivity index (χ0v) is 10.8. The number of piperidine rings is 1. The molecule has 0 radical (unpaired) electrons. The average Bonchev–Trinajstić information content (AvgIpc) is 2.38. The highest BCUT2D eigenvalue weighted by Crippen LogP contribution is 2.12. The van der Waals surface area contributed by atoms with Gasteiger partial charge < -0.3 is 20.5 Å². The Bertz CT molecular complexity index is 277. The average molecular weight is 258 g/mol. The van der Waals surface area contributed by atoms with Crippen LogP contribution in [0.25, 0.3) is 0 Å². The van der Waals surface area contributed by atoms with E-state index in [1.54, 1.807) is 7.11 Å². The molecule has 0 aromatic carbocycles. The molecule has 0 bridgehead atoms. The largest absolute Gasteiger partial charge is 0.480 e. The molecular weight excluding hydrogens is 236 g/mol. The van der Waals surface area contributed by atoms with Crippen LogP contribution in [0.4, 0.5) is 0 Å². The lowest BCUT2D eigenvalue weighted by Crippen LogP contribution is -2.46. The number of carboxylic acid groups (broad SMARTS) is 1. The van der Waals surface area contributed by atoms with Crippen molar-refractivity contribution >= 4 is 11.9 Å². The van der Waals surface area contributed by atoms with Crippen molar-refractivity contribution in [2.45, 2.75) is 31.7 Å². The summed E-state index contributed by atoms with van der Waals surface area (Å²) >= 11 is 0. The van der Waals surface area contributed by atoms with Gasteiger partial charge >= 0.3 is 5.97 Å². The van der Waals surface area contributed by atoms with E-state index in [0.717, 1.165) is 25.9 Å². The molecule has 1 saturated heterocycles. The molecule has 0 aromatic rings. The number of nitrogens with one attached hydrogen (secondary N) is 2. The number of carbonyl (C=O) groups is 2. The van der Waals surface area contributed by atoms with Crippen LogP contribution in [0.15, 0.2) is 0 Å². The Balaban J connectivity index is 2.38. The first kappa shape index (κ1) is 14.9. The van der Waals surface area contributed by atoms with Crippen molar-refractivity contribution in [1.82, 2.24) is 10.6 Å². The topological polar surface area (TPSA) is 87.7 Å². The first-order chi connectivity index (χ1) is 8.65. The molecule has 0 spiro atoms. The van der Waals surface area contributed by atoms with Gasteiger partial charge in [0.2, 0.25) is 5.91 Å². The molecule has 0 saturated carbocycles. The van der Waals surface area contributed by atoms with Crippen molar-refractivity contribution in [3.8, 4) is 0 Å². The van der Waals surface area contributed by atoms with Crippen molar-refractivity contribution in [1.29, 1.82) is 0 Å². The molecule has 1 amide bonds. The van der Waals surface area contributed by atoms with E-state index < -0.39 is 12.0 Å². The first-order valence-electron chi connectivity index (χ1n) is 6.38. The molecule has 0 aliphatic carbocycles. The van der Waals surface area contributed by atoms with Gasteiger partial charge in [-0.05, 0) is 38.8 Å². The Morgan fingerprint density at radius 1 is 1.44 bits per heavy atom. The number of carbonyl (C=O) groups excluding carboxylic acids is 1. The Morgan fingerprint density at radius 3 is 2.67 bits per heavy atom. The van der Waals surface area contributed by atoms with Crippen LogP contribution in [0.3, 0.4) is 0 Å². The zero-order valence-electron chi connectivity index (χ0n) is 10.8. The van der Waals surface area contributed by atoms with Crippen LogP contribution in [0.2, 0.25) is 0 Å². The molecule has 1 heterocycles. The van der Waals surface area contributed by atoms with Gasteiger partial charge in [-0.2, -0.15) is 0 Å². The van der Waals surface area contributed by atoms with Gasteiger partial charge in [-0.1, -0.05) is 0 Å². The van der Waals surface area contributed by atoms with Crippen LogP contribution in [0.5, 0.6) is 0 Å². The fourth-order valence-electron chi connectivity index (χ4n) is 2.06. The summed E-state index contributed by atoms with van der Waals surface area (Å²) in [5.74, 6) is -1.18. The van der Waals surface area contributed by atoms with E-state index in [1.807, 2.05) is 0 Å². The van der Waals surface area contributed by atoms with E-state index in [0.29, 0.717) is 19.4 Å². The monoisotopic (exact) mass is 258 g/mol. The van der Waals surface area contributed by atoms with Crippen LogP contribution < -0.4 is 10.6 Å². The molecule has 18 heavy (non-hydrogen) atoms. The summed E-state index contributed by atoms with van der Waals surface area (Å²) in [5, 5.41) is 14.8. The van der Waals surface area contributed by atoms with Crippen LogP contribution in [-0.2, 0) is 14.3 Å². The lowest BCUT2D eigenvalue weighted by Gasteiger charge is -2.23. The Kier molecular flexibility index (Phi) is 6.67. The summed E-state index contributed by atoms with van der Waals surface area (Å²) in [6.45, 7) is 2.14. The minimum atomic E-state index is -0.978. The minimum Gasteiger partial charge on any atom is -0.480 e. The second kappa shape index (κ2) is 8.05. The van der Waals surface area contributed by atoms with Gasteiger partial charge in [0.25, 0.3) is 0 Å². The van der Waals surface area contributed by atoms with Crippen LogP contribution in [0, 0.1) is 5.92 Å². The van der Waals surface area contributed by atoms with E-state index in [-0.39, 0.29) is 11.8 Å². The molecule has 1 aliphatic heterocycles. The van der Waals surface area contributed by atoms with E-state index in [9.17, 15) is 9.59 Å². The van der Waals surface area contributed by atoms with Gasteiger partial charge in [0.1, 0.15) is 6.04 Å². The van der Waals surface area contributed by atoms with Crippen molar-refractivity contribution < 1.29 is 19.4 Å². The molecule has 1 aliphatic rings. The van der Waals surface area contributed by atoms with Gasteiger partial charge in [-0.25, -0.2) is 4.79 Å². The molecule has 1 unspecified atom stereocenters. The molecule has 3 N–H and O–H groups in total. The predicted octanol–water partition coefficient (Wildman–Crippen LogP) is -0.0180. The van der Waals surface area contributed by atoms with Gasteiger partial charge in [-0.15, -0.1) is 0 Å². The normalized spacial score (nSPS) is 18.3. The molecular formula is C12H22N2O4. The van der Waals surface area contributed by atoms with Crippen molar-refractivity contribution in [3.63, 3.8) is 0 Å². The van der Waals surface area contributed by atoms with Crippen molar-refractivity contribution in [3.05, 3.63) is 0 Å². The molecule has 1 rings (SSSR count). The third-order valence-electron chi connectivity index (χ3n) is 3.17. The maximum atomic E-state index is 11.9. The molecule has 104 valence electrons. The Hall–Kier alpha value is -1.14. The summed E-state index contributed by atoms with van der Waals surface area (Å²) in [7, 11) is 1.57.